The van der Waals surface area contributed by atoms with Crippen LogP contribution in [0.4, 0.5) is 5.69 Å². The van der Waals surface area contributed by atoms with Crippen LogP contribution in [0.25, 0.3) is 0 Å². The minimum absolute atomic E-state index is 0.0556. The van der Waals surface area contributed by atoms with Crippen molar-refractivity contribution in [2.45, 2.75) is 30.7 Å². The molecule has 2 saturated heterocycles. The average molecular weight is 391 g/mol. The van der Waals surface area contributed by atoms with Crippen molar-refractivity contribution in [1.82, 2.24) is 10.2 Å². The number of benzene rings is 1. The van der Waals surface area contributed by atoms with Crippen LogP contribution in [0.3, 0.4) is 0 Å². The van der Waals surface area contributed by atoms with E-state index in [1.165, 1.54) is 13.1 Å². The normalized spacial score (nSPS) is 23.7. The summed E-state index contributed by atoms with van der Waals surface area (Å²) >= 11 is 1.56. The highest BCUT2D eigenvalue weighted by Crippen LogP contribution is 2.47. The fourth-order valence-corrected chi connectivity index (χ4v) is 4.72. The number of thioether (sulfide) groups is 1. The number of nitrogens with one attached hydrogen (secondary N) is 2. The molecule has 0 radical (unpaired) electrons. The Labute approximate surface area is 161 Å². The van der Waals surface area contributed by atoms with E-state index in [4.69, 9.17) is 4.74 Å². The van der Waals surface area contributed by atoms with E-state index in [-0.39, 0.29) is 16.7 Å². The number of carbonyl (C=O) groups is 4. The third kappa shape index (κ3) is 3.92. The molecule has 2 aliphatic rings. The first-order chi connectivity index (χ1) is 12.8. The Morgan fingerprint density at radius 3 is 2.89 bits per heavy atom. The van der Waals surface area contributed by atoms with Crippen LogP contribution in [0, 0.1) is 0 Å². The molecule has 0 aromatic heterocycles. The lowest BCUT2D eigenvalue weighted by atomic mass is 10.2. The van der Waals surface area contributed by atoms with E-state index in [0.29, 0.717) is 29.8 Å². The fraction of sp³-hybridized carbons (Fsp3) is 0.444. The second-order valence-corrected chi connectivity index (χ2v) is 8.08. The molecular formula is C18H21N3O5S. The largest absolute Gasteiger partial charge is 0.454 e. The van der Waals surface area contributed by atoms with E-state index < -0.39 is 24.5 Å². The van der Waals surface area contributed by atoms with E-state index in [1.54, 1.807) is 34.9 Å². The van der Waals surface area contributed by atoms with Crippen LogP contribution in [0.15, 0.2) is 24.3 Å². The first kappa shape index (κ1) is 19.2. The predicted molar refractivity (Wildman–Crippen MR) is 100 cm³/mol. The molecule has 0 saturated carbocycles. The van der Waals surface area contributed by atoms with Gasteiger partial charge in [0, 0.05) is 30.5 Å². The van der Waals surface area contributed by atoms with Crippen LogP contribution in [0.5, 0.6) is 0 Å². The number of carbonyl (C=O) groups excluding carboxylic acids is 4. The molecule has 27 heavy (non-hydrogen) atoms. The summed E-state index contributed by atoms with van der Waals surface area (Å²) in [6.45, 7) is 1.49. The summed E-state index contributed by atoms with van der Waals surface area (Å²) in [4.78, 5) is 49.3. The molecule has 2 fully saturated rings. The Morgan fingerprint density at radius 2 is 2.15 bits per heavy atom. The summed E-state index contributed by atoms with van der Waals surface area (Å²) in [7, 11) is 1.52. The molecule has 0 unspecified atom stereocenters. The summed E-state index contributed by atoms with van der Waals surface area (Å²) in [5.74, 6) is -0.944. The highest BCUT2D eigenvalue weighted by Gasteiger charge is 2.53. The number of ether oxygens (including phenoxy) is 1. The van der Waals surface area contributed by atoms with Crippen LogP contribution in [-0.2, 0) is 19.1 Å². The highest BCUT2D eigenvalue weighted by atomic mass is 32.2. The Balaban J connectivity index is 1.54. The average Bonchev–Trinajstić information content (AvgIpc) is 3.15. The topological polar surface area (TPSA) is 105 Å². The second kappa shape index (κ2) is 7.59. The van der Waals surface area contributed by atoms with Crippen molar-refractivity contribution in [3.05, 3.63) is 29.8 Å². The lowest BCUT2D eigenvalue weighted by Crippen LogP contribution is -2.47. The van der Waals surface area contributed by atoms with Gasteiger partial charge in [0.1, 0.15) is 6.04 Å². The van der Waals surface area contributed by atoms with Gasteiger partial charge in [-0.05, 0) is 31.5 Å². The first-order valence-corrected chi connectivity index (χ1v) is 9.57. The smallest absolute Gasteiger partial charge is 0.330 e. The van der Waals surface area contributed by atoms with Crippen LogP contribution in [0.2, 0.25) is 0 Å². The molecule has 1 aromatic rings. The van der Waals surface area contributed by atoms with Crippen molar-refractivity contribution < 1.29 is 23.9 Å². The molecule has 3 amide bonds. The maximum Gasteiger partial charge on any atom is 0.330 e. The van der Waals surface area contributed by atoms with Gasteiger partial charge in [0.05, 0.1) is 4.87 Å². The van der Waals surface area contributed by atoms with Gasteiger partial charge < -0.3 is 20.3 Å². The molecule has 2 heterocycles. The van der Waals surface area contributed by atoms with E-state index in [2.05, 4.69) is 10.6 Å². The summed E-state index contributed by atoms with van der Waals surface area (Å²) < 4.78 is 5.12. The zero-order chi connectivity index (χ0) is 19.6. The van der Waals surface area contributed by atoms with Crippen molar-refractivity contribution in [3.8, 4) is 0 Å². The van der Waals surface area contributed by atoms with E-state index in [0.717, 1.165) is 0 Å². The van der Waals surface area contributed by atoms with Gasteiger partial charge in [-0.2, -0.15) is 0 Å². The Bertz CT molecular complexity index is 799. The number of rotatable bonds is 5. The molecule has 2 N–H and O–H groups in total. The van der Waals surface area contributed by atoms with Gasteiger partial charge in [-0.1, -0.05) is 6.07 Å². The summed E-state index contributed by atoms with van der Waals surface area (Å²) in [5.41, 5.74) is 0.831. The summed E-state index contributed by atoms with van der Waals surface area (Å²) in [6.07, 6.45) is 1.14. The summed E-state index contributed by atoms with van der Waals surface area (Å²) in [5, 5.41) is 5.09. The minimum Gasteiger partial charge on any atom is -0.454 e. The molecule has 2 atom stereocenters. The number of hydrogen-bond donors (Lipinski definition) is 2. The number of fused-ring (bicyclic) bond motifs is 1. The van der Waals surface area contributed by atoms with Crippen molar-refractivity contribution in [2.24, 2.45) is 0 Å². The Hall–Kier alpha value is -2.55. The maximum absolute atomic E-state index is 12.4. The van der Waals surface area contributed by atoms with Crippen molar-refractivity contribution in [3.63, 3.8) is 0 Å². The van der Waals surface area contributed by atoms with Crippen molar-refractivity contribution in [1.29, 1.82) is 0 Å². The van der Waals surface area contributed by atoms with Crippen molar-refractivity contribution in [2.75, 3.05) is 24.7 Å². The number of hydrogen-bond acceptors (Lipinski definition) is 6. The monoisotopic (exact) mass is 391 g/mol. The van der Waals surface area contributed by atoms with Gasteiger partial charge in [0.15, 0.2) is 6.61 Å². The molecule has 1 aromatic carbocycles. The second-order valence-electron chi connectivity index (χ2n) is 6.58. The number of anilines is 1. The first-order valence-electron chi connectivity index (χ1n) is 8.59. The Kier molecular flexibility index (Phi) is 5.41. The third-order valence-corrected chi connectivity index (χ3v) is 6.20. The number of amides is 3. The van der Waals surface area contributed by atoms with E-state index in [1.807, 2.05) is 6.92 Å². The zero-order valence-electron chi connectivity index (χ0n) is 15.1. The lowest BCUT2D eigenvalue weighted by molar-refractivity contribution is -0.155. The van der Waals surface area contributed by atoms with Gasteiger partial charge in [-0.15, -0.1) is 11.8 Å². The Morgan fingerprint density at radius 1 is 1.37 bits per heavy atom. The van der Waals surface area contributed by atoms with Gasteiger partial charge in [0.25, 0.3) is 11.8 Å². The number of esters is 1. The van der Waals surface area contributed by atoms with Crippen LogP contribution in [0.1, 0.15) is 30.1 Å². The number of nitrogens with zero attached hydrogens (tertiary/aromatic N) is 1. The quantitative estimate of drug-likeness (QED) is 0.725. The lowest BCUT2D eigenvalue weighted by Gasteiger charge is -2.29. The molecule has 9 heteroatoms. The van der Waals surface area contributed by atoms with Crippen molar-refractivity contribution >= 4 is 41.1 Å². The van der Waals surface area contributed by atoms with Gasteiger partial charge in [-0.3, -0.25) is 14.4 Å². The van der Waals surface area contributed by atoms with Gasteiger partial charge >= 0.3 is 5.97 Å². The standard InChI is InChI=1S/C18H21N3O5S/c1-18-7-6-15(23)21(18)13(10-27-18)17(25)26-9-14(22)20-12-5-3-4-11(8-12)16(24)19-2/h3-5,8,13H,6-7,9-10H2,1-2H3,(H,19,24)(H,20,22)/t13-,18-/m1/s1. The maximum atomic E-state index is 12.4. The third-order valence-electron chi connectivity index (χ3n) is 4.70. The molecular weight excluding hydrogens is 370 g/mol. The van der Waals surface area contributed by atoms with Crippen LogP contribution < -0.4 is 10.6 Å². The van der Waals surface area contributed by atoms with Crippen LogP contribution >= 0.6 is 11.8 Å². The molecule has 8 nitrogen and oxygen atoms in total. The zero-order valence-corrected chi connectivity index (χ0v) is 15.9. The molecule has 0 bridgehead atoms. The van der Waals surface area contributed by atoms with E-state index in [9.17, 15) is 19.2 Å². The summed E-state index contributed by atoms with van der Waals surface area (Å²) in [6, 6.07) is 5.77. The molecule has 144 valence electrons. The van der Waals surface area contributed by atoms with Crippen LogP contribution in [-0.4, -0.2) is 58.9 Å². The predicted octanol–water partition coefficient (Wildman–Crippen LogP) is 0.982. The van der Waals surface area contributed by atoms with Gasteiger partial charge in [-0.25, -0.2) is 4.79 Å². The van der Waals surface area contributed by atoms with E-state index >= 15 is 0 Å². The SMILES string of the molecule is CNC(=O)c1cccc(NC(=O)COC(=O)[C@H]2CS[C@]3(C)CCC(=O)N23)c1. The molecule has 0 spiro atoms. The minimum atomic E-state index is -0.653. The molecule has 2 aliphatic heterocycles. The molecule has 3 rings (SSSR count). The van der Waals surface area contributed by atoms with Gasteiger partial charge in [0.2, 0.25) is 5.91 Å². The molecule has 0 aliphatic carbocycles. The fourth-order valence-electron chi connectivity index (χ4n) is 3.31. The highest BCUT2D eigenvalue weighted by molar-refractivity contribution is 8.01.